The van der Waals surface area contributed by atoms with E-state index in [-0.39, 0.29) is 36.4 Å². The van der Waals surface area contributed by atoms with Crippen molar-refractivity contribution in [2.45, 2.75) is 109 Å². The number of carbonyl (C=O) groups is 5. The van der Waals surface area contributed by atoms with Gasteiger partial charge in [0.1, 0.15) is 23.7 Å². The van der Waals surface area contributed by atoms with E-state index in [2.05, 4.69) is 21.3 Å². The zero-order valence-electron chi connectivity index (χ0n) is 31.7. The van der Waals surface area contributed by atoms with Gasteiger partial charge in [-0.3, -0.25) is 24.0 Å². The predicted molar refractivity (Wildman–Crippen MR) is 206 cm³/mol. The van der Waals surface area contributed by atoms with E-state index in [1.165, 1.54) is 0 Å². The number of hydrogen-bond donors (Lipinski definition) is 4. The van der Waals surface area contributed by atoms with Crippen molar-refractivity contribution in [2.75, 3.05) is 6.61 Å². The average molecular weight is 725 g/mol. The highest BCUT2D eigenvalue weighted by molar-refractivity contribution is 5.98. The Morgan fingerprint density at radius 3 is 1.55 bits per heavy atom. The quantitative estimate of drug-likeness (QED) is 0.115. The summed E-state index contributed by atoms with van der Waals surface area (Å²) >= 11 is 0. The van der Waals surface area contributed by atoms with E-state index in [0.29, 0.717) is 38.7 Å². The Morgan fingerprint density at radius 2 is 1.02 bits per heavy atom. The van der Waals surface area contributed by atoms with Crippen molar-refractivity contribution in [2.24, 2.45) is 11.8 Å². The zero-order chi connectivity index (χ0) is 38.4. The molecular weight excluding hydrogens is 668 g/mol. The summed E-state index contributed by atoms with van der Waals surface area (Å²) in [5, 5.41) is 11.7. The molecule has 5 atom stereocenters. The van der Waals surface area contributed by atoms with Crippen LogP contribution in [-0.4, -0.2) is 65.8 Å². The fourth-order valence-electron chi connectivity index (χ4n) is 6.29. The van der Waals surface area contributed by atoms with E-state index in [1.807, 2.05) is 119 Å². The molecule has 1 aliphatic rings. The van der Waals surface area contributed by atoms with Gasteiger partial charge in [-0.05, 0) is 67.6 Å². The molecule has 1 fully saturated rings. The van der Waals surface area contributed by atoms with Crippen molar-refractivity contribution >= 4 is 29.4 Å². The molecule has 0 bridgehead atoms. The summed E-state index contributed by atoms with van der Waals surface area (Å²) < 4.78 is 5.41. The van der Waals surface area contributed by atoms with E-state index in [4.69, 9.17) is 4.74 Å². The third kappa shape index (κ3) is 13.6. The van der Waals surface area contributed by atoms with Gasteiger partial charge in [-0.15, -0.1) is 0 Å². The molecule has 1 saturated heterocycles. The largest absolute Gasteiger partial charge is 0.361 e. The van der Waals surface area contributed by atoms with Gasteiger partial charge in [0.2, 0.25) is 23.6 Å². The number of rotatable bonds is 21. The minimum absolute atomic E-state index is 0.0167. The molecule has 3 aromatic rings. The van der Waals surface area contributed by atoms with Gasteiger partial charge in [-0.1, -0.05) is 119 Å². The summed E-state index contributed by atoms with van der Waals surface area (Å²) in [6.07, 6.45) is 2.50. The van der Waals surface area contributed by atoms with Gasteiger partial charge in [0, 0.05) is 12.8 Å². The minimum atomic E-state index is -1.03. The van der Waals surface area contributed by atoms with Gasteiger partial charge in [0.05, 0.1) is 12.6 Å². The maximum Gasteiger partial charge on any atom is 0.243 e. The van der Waals surface area contributed by atoms with Crippen LogP contribution in [0.15, 0.2) is 91.0 Å². The topological polar surface area (TPSA) is 146 Å². The van der Waals surface area contributed by atoms with Crippen LogP contribution in [0.5, 0.6) is 0 Å². The molecular formula is C43H56N4O6. The Kier molecular flexibility index (Phi) is 15.3. The number of benzene rings is 3. The SMILES string of the molecule is CC(C)C[C@H](NC(=O)[C@H](CCc1ccccc1)NC(=O)CCc1ccccc1)C(=O)N[C@@H](Cc1ccccc1)C(=O)N[C@@H](CC(C)C)C(=O)[C@@]1(C)CO1. The lowest BCUT2D eigenvalue weighted by atomic mass is 9.93. The van der Waals surface area contributed by atoms with Gasteiger partial charge < -0.3 is 26.0 Å². The number of Topliss-reactive ketones (excluding diaryl/α,β-unsaturated/α-hetero) is 1. The van der Waals surface area contributed by atoms with Crippen molar-refractivity contribution in [3.8, 4) is 0 Å². The van der Waals surface area contributed by atoms with Crippen LogP contribution in [0.25, 0.3) is 0 Å². The Balaban J connectivity index is 1.51. The van der Waals surface area contributed by atoms with Crippen LogP contribution in [0.1, 0.15) is 77.0 Å². The molecule has 4 rings (SSSR count). The van der Waals surface area contributed by atoms with Gasteiger partial charge in [-0.2, -0.15) is 0 Å². The first kappa shape index (κ1) is 40.9. The number of ketones is 1. The number of ether oxygens (including phenoxy) is 1. The normalized spacial score (nSPS) is 17.3. The molecule has 4 N–H and O–H groups in total. The fourth-order valence-corrected chi connectivity index (χ4v) is 6.29. The first-order valence-corrected chi connectivity index (χ1v) is 18.8. The number of aryl methyl sites for hydroxylation is 2. The smallest absolute Gasteiger partial charge is 0.243 e. The minimum Gasteiger partial charge on any atom is -0.361 e. The van der Waals surface area contributed by atoms with Crippen LogP contribution >= 0.6 is 0 Å². The number of hydrogen-bond acceptors (Lipinski definition) is 6. The van der Waals surface area contributed by atoms with Crippen molar-refractivity contribution in [1.29, 1.82) is 0 Å². The van der Waals surface area contributed by atoms with Gasteiger partial charge in [0.25, 0.3) is 0 Å². The molecule has 1 heterocycles. The van der Waals surface area contributed by atoms with Crippen molar-refractivity contribution in [3.05, 3.63) is 108 Å². The summed E-state index contributed by atoms with van der Waals surface area (Å²) in [6.45, 7) is 9.86. The molecule has 0 radical (unpaired) electrons. The molecule has 0 saturated carbocycles. The second-order valence-electron chi connectivity index (χ2n) is 15.1. The molecule has 4 amide bonds. The van der Waals surface area contributed by atoms with Crippen molar-refractivity contribution in [1.82, 2.24) is 21.3 Å². The molecule has 0 unspecified atom stereocenters. The van der Waals surface area contributed by atoms with E-state index >= 15 is 0 Å². The zero-order valence-corrected chi connectivity index (χ0v) is 31.7. The molecule has 0 aromatic heterocycles. The van der Waals surface area contributed by atoms with Crippen LogP contribution in [0.2, 0.25) is 0 Å². The first-order chi connectivity index (χ1) is 25.3. The van der Waals surface area contributed by atoms with Crippen LogP contribution in [0.3, 0.4) is 0 Å². The number of epoxide rings is 1. The number of nitrogens with one attached hydrogen (secondary N) is 4. The first-order valence-electron chi connectivity index (χ1n) is 18.8. The molecule has 10 nitrogen and oxygen atoms in total. The van der Waals surface area contributed by atoms with Gasteiger partial charge in [-0.25, -0.2) is 0 Å². The van der Waals surface area contributed by atoms with Crippen LogP contribution in [0, 0.1) is 11.8 Å². The highest BCUT2D eigenvalue weighted by Gasteiger charge is 2.50. The second kappa shape index (κ2) is 19.9. The summed E-state index contributed by atoms with van der Waals surface area (Å²) in [5.74, 6) is -1.81. The Hall–Kier alpha value is -4.83. The van der Waals surface area contributed by atoms with E-state index in [1.54, 1.807) is 6.92 Å². The standard InChI is InChI=1S/C43H56N4O6/c1-29(2)25-35(39(49)43(5)28-53-43)45-42(52)37(27-33-19-13-8-14-20-33)47-41(51)36(26-30(3)4)46-40(50)34(23-21-31-15-9-6-10-16-31)44-38(48)24-22-32-17-11-7-12-18-32/h6-20,29-30,34-37H,21-28H2,1-5H3,(H,44,48)(H,45,52)(H,46,50)(H,47,51)/t34-,35-,36-,37-,43+/m0/s1. The van der Waals surface area contributed by atoms with Crippen LogP contribution in [-0.2, 0) is 48.0 Å². The Labute approximate surface area is 314 Å². The number of carbonyl (C=O) groups excluding carboxylic acids is 5. The van der Waals surface area contributed by atoms with Crippen LogP contribution in [0.4, 0.5) is 0 Å². The van der Waals surface area contributed by atoms with Crippen LogP contribution < -0.4 is 21.3 Å². The molecule has 10 heteroatoms. The van der Waals surface area contributed by atoms with Gasteiger partial charge >= 0.3 is 0 Å². The van der Waals surface area contributed by atoms with Gasteiger partial charge in [0.15, 0.2) is 5.78 Å². The maximum absolute atomic E-state index is 14.1. The predicted octanol–water partition coefficient (Wildman–Crippen LogP) is 4.88. The summed E-state index contributed by atoms with van der Waals surface area (Å²) in [5.41, 5.74) is 1.93. The monoisotopic (exact) mass is 724 g/mol. The number of amides is 4. The average Bonchev–Trinajstić information content (AvgIpc) is 3.90. The molecule has 0 spiro atoms. The van der Waals surface area contributed by atoms with E-state index in [9.17, 15) is 24.0 Å². The Morgan fingerprint density at radius 1 is 0.585 bits per heavy atom. The van der Waals surface area contributed by atoms with Crippen molar-refractivity contribution < 1.29 is 28.7 Å². The summed E-state index contributed by atoms with van der Waals surface area (Å²) in [7, 11) is 0. The lowest BCUT2D eigenvalue weighted by Crippen LogP contribution is -2.59. The summed E-state index contributed by atoms with van der Waals surface area (Å²) in [4.78, 5) is 68.5. The highest BCUT2D eigenvalue weighted by Crippen LogP contribution is 2.29. The third-order valence-electron chi connectivity index (χ3n) is 9.39. The molecule has 3 aromatic carbocycles. The van der Waals surface area contributed by atoms with E-state index in [0.717, 1.165) is 16.7 Å². The molecule has 0 aliphatic carbocycles. The molecule has 53 heavy (non-hydrogen) atoms. The van der Waals surface area contributed by atoms with E-state index < -0.39 is 47.5 Å². The molecule has 284 valence electrons. The maximum atomic E-state index is 14.1. The highest BCUT2D eigenvalue weighted by atomic mass is 16.6. The Bertz CT molecular complexity index is 1640. The lowest BCUT2D eigenvalue weighted by molar-refractivity contribution is -0.135. The fraction of sp³-hybridized carbons (Fsp3) is 0.465. The van der Waals surface area contributed by atoms with Crippen molar-refractivity contribution in [3.63, 3.8) is 0 Å². The summed E-state index contributed by atoms with van der Waals surface area (Å²) in [6, 6.07) is 25.0. The molecule has 1 aliphatic heterocycles. The second-order valence-corrected chi connectivity index (χ2v) is 15.1. The lowest BCUT2D eigenvalue weighted by Gasteiger charge is -2.28. The third-order valence-corrected chi connectivity index (χ3v) is 9.39.